The highest BCUT2D eigenvalue weighted by Gasteiger charge is 2.31. The SMILES string of the molecule is CCC1CCCC(Nc2ccc3c(c2)OC(C)(C)O3)CC1. The monoisotopic (exact) mass is 289 g/mol. The fraction of sp³-hybridized carbons (Fsp3) is 0.667. The Morgan fingerprint density at radius 2 is 1.90 bits per heavy atom. The summed E-state index contributed by atoms with van der Waals surface area (Å²) in [5.41, 5.74) is 1.15. The molecule has 1 aliphatic carbocycles. The number of fused-ring (bicyclic) bond motifs is 1. The van der Waals surface area contributed by atoms with Gasteiger partial charge >= 0.3 is 0 Å². The molecule has 116 valence electrons. The quantitative estimate of drug-likeness (QED) is 0.797. The van der Waals surface area contributed by atoms with E-state index in [1.807, 2.05) is 19.9 Å². The van der Waals surface area contributed by atoms with Crippen LogP contribution in [0, 0.1) is 5.92 Å². The van der Waals surface area contributed by atoms with Crippen molar-refractivity contribution in [2.45, 2.75) is 71.1 Å². The van der Waals surface area contributed by atoms with E-state index in [1.54, 1.807) is 0 Å². The van der Waals surface area contributed by atoms with E-state index in [2.05, 4.69) is 24.4 Å². The Hall–Kier alpha value is -1.38. The minimum absolute atomic E-state index is 0.544. The van der Waals surface area contributed by atoms with Crippen molar-refractivity contribution in [1.29, 1.82) is 0 Å². The maximum atomic E-state index is 5.82. The summed E-state index contributed by atoms with van der Waals surface area (Å²) in [6, 6.07) is 6.78. The maximum absolute atomic E-state index is 5.82. The van der Waals surface area contributed by atoms with E-state index >= 15 is 0 Å². The Morgan fingerprint density at radius 1 is 1.10 bits per heavy atom. The van der Waals surface area contributed by atoms with Crippen molar-refractivity contribution in [1.82, 2.24) is 0 Å². The van der Waals surface area contributed by atoms with Gasteiger partial charge in [-0.1, -0.05) is 26.2 Å². The summed E-state index contributed by atoms with van der Waals surface area (Å²) in [6.07, 6.45) is 7.96. The van der Waals surface area contributed by atoms with Crippen LogP contribution in [0.15, 0.2) is 18.2 Å². The number of anilines is 1. The van der Waals surface area contributed by atoms with Gasteiger partial charge in [-0.2, -0.15) is 0 Å². The molecule has 1 heterocycles. The lowest BCUT2D eigenvalue weighted by molar-refractivity contribution is -0.0431. The lowest BCUT2D eigenvalue weighted by Gasteiger charge is -2.18. The first-order chi connectivity index (χ1) is 10.1. The minimum Gasteiger partial charge on any atom is -0.449 e. The van der Waals surface area contributed by atoms with Crippen molar-refractivity contribution < 1.29 is 9.47 Å². The first kappa shape index (κ1) is 14.6. The molecule has 3 nitrogen and oxygen atoms in total. The molecule has 0 spiro atoms. The van der Waals surface area contributed by atoms with Gasteiger partial charge < -0.3 is 14.8 Å². The highest BCUT2D eigenvalue weighted by molar-refractivity contribution is 5.56. The van der Waals surface area contributed by atoms with Gasteiger partial charge in [0.15, 0.2) is 11.5 Å². The molecule has 0 saturated heterocycles. The predicted molar refractivity (Wildman–Crippen MR) is 86.1 cm³/mol. The summed E-state index contributed by atoms with van der Waals surface area (Å²) in [7, 11) is 0. The third-order valence-corrected chi connectivity index (χ3v) is 4.69. The highest BCUT2D eigenvalue weighted by atomic mass is 16.7. The van der Waals surface area contributed by atoms with E-state index in [0.29, 0.717) is 6.04 Å². The summed E-state index contributed by atoms with van der Waals surface area (Å²) in [4.78, 5) is 0. The second-order valence-electron chi connectivity index (χ2n) is 6.89. The van der Waals surface area contributed by atoms with Crippen LogP contribution in [0.4, 0.5) is 5.69 Å². The predicted octanol–water partition coefficient (Wildman–Crippen LogP) is 4.96. The molecule has 1 fully saturated rings. The molecule has 2 aliphatic rings. The summed E-state index contributed by atoms with van der Waals surface area (Å²) in [5, 5.41) is 3.69. The van der Waals surface area contributed by atoms with E-state index in [9.17, 15) is 0 Å². The van der Waals surface area contributed by atoms with E-state index < -0.39 is 5.79 Å². The van der Waals surface area contributed by atoms with Crippen LogP contribution in [0.5, 0.6) is 11.5 Å². The second kappa shape index (κ2) is 5.78. The van der Waals surface area contributed by atoms with Crippen LogP contribution in [0.2, 0.25) is 0 Å². The van der Waals surface area contributed by atoms with Crippen LogP contribution in [0.1, 0.15) is 59.3 Å². The first-order valence-corrected chi connectivity index (χ1v) is 8.34. The van der Waals surface area contributed by atoms with Gasteiger partial charge in [0.05, 0.1) is 0 Å². The van der Waals surface area contributed by atoms with E-state index in [1.165, 1.54) is 38.5 Å². The zero-order valence-corrected chi connectivity index (χ0v) is 13.4. The normalized spacial score (nSPS) is 27.2. The van der Waals surface area contributed by atoms with E-state index in [-0.39, 0.29) is 0 Å². The Bertz CT molecular complexity index is 498. The molecule has 2 unspecified atom stereocenters. The second-order valence-corrected chi connectivity index (χ2v) is 6.89. The third kappa shape index (κ3) is 3.45. The Kier molecular flexibility index (Phi) is 4.01. The van der Waals surface area contributed by atoms with Gasteiger partial charge in [-0.05, 0) is 37.3 Å². The van der Waals surface area contributed by atoms with Gasteiger partial charge in [-0.25, -0.2) is 0 Å². The molecular formula is C18H27NO2. The Morgan fingerprint density at radius 3 is 2.71 bits per heavy atom. The summed E-state index contributed by atoms with van der Waals surface area (Å²) < 4.78 is 11.6. The van der Waals surface area contributed by atoms with Crippen molar-refractivity contribution >= 4 is 5.69 Å². The van der Waals surface area contributed by atoms with Gasteiger partial charge in [0.1, 0.15) is 0 Å². The molecule has 2 atom stereocenters. The topological polar surface area (TPSA) is 30.5 Å². The molecule has 3 rings (SSSR count). The molecule has 0 amide bonds. The average Bonchev–Trinajstić information content (AvgIpc) is 2.60. The third-order valence-electron chi connectivity index (χ3n) is 4.69. The van der Waals surface area contributed by atoms with Crippen molar-refractivity contribution in [2.75, 3.05) is 5.32 Å². The molecule has 1 saturated carbocycles. The lowest BCUT2D eigenvalue weighted by atomic mass is 9.98. The molecule has 0 aromatic heterocycles. The number of benzene rings is 1. The number of ether oxygens (including phenoxy) is 2. The Balaban J connectivity index is 1.64. The van der Waals surface area contributed by atoms with Crippen molar-refractivity contribution in [3.8, 4) is 11.5 Å². The molecule has 0 radical (unpaired) electrons. The smallest absolute Gasteiger partial charge is 0.246 e. The van der Waals surface area contributed by atoms with Crippen LogP contribution in [-0.2, 0) is 0 Å². The molecule has 1 aliphatic heterocycles. The van der Waals surface area contributed by atoms with Gasteiger partial charge in [0, 0.05) is 31.6 Å². The van der Waals surface area contributed by atoms with Crippen molar-refractivity contribution in [3.63, 3.8) is 0 Å². The van der Waals surface area contributed by atoms with Gasteiger partial charge in [0.25, 0.3) is 0 Å². The summed E-state index contributed by atoms with van der Waals surface area (Å²) >= 11 is 0. The number of hydrogen-bond acceptors (Lipinski definition) is 3. The fourth-order valence-electron chi connectivity index (χ4n) is 3.48. The van der Waals surface area contributed by atoms with Crippen LogP contribution < -0.4 is 14.8 Å². The summed E-state index contributed by atoms with van der Waals surface area (Å²) in [6.45, 7) is 6.20. The maximum Gasteiger partial charge on any atom is 0.246 e. The molecule has 1 N–H and O–H groups in total. The zero-order chi connectivity index (χ0) is 14.9. The fourth-order valence-corrected chi connectivity index (χ4v) is 3.48. The number of hydrogen-bond donors (Lipinski definition) is 1. The molecule has 0 bridgehead atoms. The van der Waals surface area contributed by atoms with Crippen LogP contribution >= 0.6 is 0 Å². The zero-order valence-electron chi connectivity index (χ0n) is 13.4. The van der Waals surface area contributed by atoms with Crippen molar-refractivity contribution in [3.05, 3.63) is 18.2 Å². The molecular weight excluding hydrogens is 262 g/mol. The highest BCUT2D eigenvalue weighted by Crippen LogP contribution is 2.41. The van der Waals surface area contributed by atoms with E-state index in [4.69, 9.17) is 9.47 Å². The van der Waals surface area contributed by atoms with Crippen molar-refractivity contribution in [2.24, 2.45) is 5.92 Å². The largest absolute Gasteiger partial charge is 0.449 e. The molecule has 1 aromatic carbocycles. The number of nitrogens with one attached hydrogen (secondary N) is 1. The van der Waals surface area contributed by atoms with E-state index in [0.717, 1.165) is 23.1 Å². The Labute approximate surface area is 128 Å². The van der Waals surface area contributed by atoms with Crippen LogP contribution in [0.3, 0.4) is 0 Å². The number of rotatable bonds is 3. The molecule has 3 heteroatoms. The molecule has 21 heavy (non-hydrogen) atoms. The minimum atomic E-state index is -0.544. The van der Waals surface area contributed by atoms with Crippen LogP contribution in [-0.4, -0.2) is 11.8 Å². The first-order valence-electron chi connectivity index (χ1n) is 8.34. The average molecular weight is 289 g/mol. The molecule has 1 aromatic rings. The summed E-state index contributed by atoms with van der Waals surface area (Å²) in [5.74, 6) is 2.08. The standard InChI is InChI=1S/C18H27NO2/c1-4-13-6-5-7-14(9-8-13)19-15-10-11-16-17(12-15)21-18(2,3)20-16/h10-14,19H,4-9H2,1-3H3. The van der Waals surface area contributed by atoms with Gasteiger partial charge in [-0.3, -0.25) is 0 Å². The lowest BCUT2D eigenvalue weighted by Crippen LogP contribution is -2.29. The van der Waals surface area contributed by atoms with Crippen LogP contribution in [0.25, 0.3) is 0 Å². The van der Waals surface area contributed by atoms with Gasteiger partial charge in [-0.15, -0.1) is 0 Å². The van der Waals surface area contributed by atoms with Gasteiger partial charge in [0.2, 0.25) is 5.79 Å².